The quantitative estimate of drug-likeness (QED) is 0.740. The van der Waals surface area contributed by atoms with Crippen LogP contribution in [-0.2, 0) is 0 Å². The smallest absolute Gasteiger partial charge is 0.260 e. The van der Waals surface area contributed by atoms with Crippen LogP contribution in [0, 0.1) is 6.92 Å². The summed E-state index contributed by atoms with van der Waals surface area (Å²) >= 11 is 0. The molecule has 1 fully saturated rings. The van der Waals surface area contributed by atoms with E-state index >= 15 is 0 Å². The Kier molecular flexibility index (Phi) is 4.77. The van der Waals surface area contributed by atoms with Gasteiger partial charge in [0.1, 0.15) is 5.82 Å². The fraction of sp³-hybridized carbons (Fsp3) is 0.350. The van der Waals surface area contributed by atoms with Crippen LogP contribution in [0.15, 0.2) is 35.3 Å². The first kappa shape index (κ1) is 18.1. The number of hydrogen-bond acceptors (Lipinski definition) is 7. The number of ether oxygens (including phenoxy) is 2. The second kappa shape index (κ2) is 7.38. The summed E-state index contributed by atoms with van der Waals surface area (Å²) in [5.74, 6) is 2.66. The molecule has 0 unspecified atom stereocenters. The number of fused-ring (bicyclic) bond motifs is 1. The van der Waals surface area contributed by atoms with E-state index < -0.39 is 0 Å². The first-order valence-electron chi connectivity index (χ1n) is 9.19. The fourth-order valence-electron chi connectivity index (χ4n) is 3.68. The van der Waals surface area contributed by atoms with Crippen molar-refractivity contribution < 1.29 is 9.47 Å². The Morgan fingerprint density at radius 3 is 2.46 bits per heavy atom. The van der Waals surface area contributed by atoms with Crippen LogP contribution in [0.5, 0.6) is 11.5 Å². The van der Waals surface area contributed by atoms with E-state index in [9.17, 15) is 4.79 Å². The van der Waals surface area contributed by atoms with E-state index in [0.717, 1.165) is 37.6 Å². The molecule has 1 N–H and O–H groups in total. The topological polar surface area (TPSA) is 83.6 Å². The number of pyridine rings is 1. The standard InChI is InChI=1S/C20H23N5O3/c1-13-17-14(12-15(27-2)18(13)28-3)22-20(23-19(17)26)25-10-8-24(9-11-25)16-6-4-5-7-21-16/h4-7,12H,8-11H2,1-3H3,(H,22,23,26). The molecule has 4 rings (SSSR count). The highest BCUT2D eigenvalue weighted by Crippen LogP contribution is 2.35. The molecule has 3 heterocycles. The van der Waals surface area contributed by atoms with Gasteiger partial charge in [0.25, 0.3) is 5.56 Å². The second-order valence-corrected chi connectivity index (χ2v) is 6.68. The van der Waals surface area contributed by atoms with Crippen molar-refractivity contribution in [2.75, 3.05) is 50.2 Å². The SMILES string of the molecule is COc1cc2nc(N3CCN(c4ccccn4)CC3)[nH]c(=O)c2c(C)c1OC. The number of nitrogens with zero attached hydrogens (tertiary/aromatic N) is 4. The van der Waals surface area contributed by atoms with Gasteiger partial charge in [0.15, 0.2) is 11.5 Å². The van der Waals surface area contributed by atoms with Gasteiger partial charge in [0, 0.05) is 44.0 Å². The number of rotatable bonds is 4. The molecule has 1 aromatic carbocycles. The summed E-state index contributed by atoms with van der Waals surface area (Å²) in [5.41, 5.74) is 1.14. The molecular formula is C20H23N5O3. The Bertz CT molecular complexity index is 1040. The number of anilines is 2. The Morgan fingerprint density at radius 2 is 1.82 bits per heavy atom. The van der Waals surface area contributed by atoms with Gasteiger partial charge in [-0.3, -0.25) is 9.78 Å². The van der Waals surface area contributed by atoms with E-state index in [1.165, 1.54) is 0 Å². The zero-order valence-corrected chi connectivity index (χ0v) is 16.2. The predicted octanol–water partition coefficient (Wildman–Crippen LogP) is 1.97. The minimum atomic E-state index is -0.175. The fourth-order valence-corrected chi connectivity index (χ4v) is 3.68. The third-order valence-electron chi connectivity index (χ3n) is 5.12. The number of aryl methyl sites for hydroxylation is 1. The van der Waals surface area contributed by atoms with Crippen molar-refractivity contribution in [2.45, 2.75) is 6.92 Å². The molecule has 0 spiro atoms. The maximum absolute atomic E-state index is 12.8. The number of piperazine rings is 1. The maximum Gasteiger partial charge on any atom is 0.260 e. The van der Waals surface area contributed by atoms with Crippen molar-refractivity contribution in [3.8, 4) is 11.5 Å². The molecule has 0 atom stereocenters. The molecule has 0 radical (unpaired) electrons. The van der Waals surface area contributed by atoms with Crippen LogP contribution in [0.25, 0.3) is 10.9 Å². The van der Waals surface area contributed by atoms with Crippen molar-refractivity contribution in [3.05, 3.63) is 46.4 Å². The summed E-state index contributed by atoms with van der Waals surface area (Å²) in [4.78, 5) is 29.1. The lowest BCUT2D eigenvalue weighted by atomic mass is 10.1. The minimum absolute atomic E-state index is 0.175. The molecule has 1 aliphatic heterocycles. The van der Waals surface area contributed by atoms with Crippen molar-refractivity contribution >= 4 is 22.7 Å². The van der Waals surface area contributed by atoms with Crippen LogP contribution in [0.2, 0.25) is 0 Å². The number of methoxy groups -OCH3 is 2. The normalized spacial score (nSPS) is 14.4. The lowest BCUT2D eigenvalue weighted by molar-refractivity contribution is 0.354. The van der Waals surface area contributed by atoms with E-state index in [4.69, 9.17) is 14.5 Å². The van der Waals surface area contributed by atoms with Gasteiger partial charge >= 0.3 is 0 Å². The van der Waals surface area contributed by atoms with Gasteiger partial charge in [-0.2, -0.15) is 0 Å². The van der Waals surface area contributed by atoms with Gasteiger partial charge in [-0.25, -0.2) is 9.97 Å². The van der Waals surface area contributed by atoms with E-state index in [-0.39, 0.29) is 5.56 Å². The Labute approximate surface area is 162 Å². The highest BCUT2D eigenvalue weighted by Gasteiger charge is 2.22. The summed E-state index contributed by atoms with van der Waals surface area (Å²) in [6.45, 7) is 4.95. The molecule has 8 heteroatoms. The molecule has 0 amide bonds. The average Bonchev–Trinajstić information content (AvgIpc) is 2.73. The molecule has 1 saturated heterocycles. The minimum Gasteiger partial charge on any atom is -0.493 e. The Hall–Kier alpha value is -3.29. The van der Waals surface area contributed by atoms with E-state index in [1.807, 2.05) is 25.1 Å². The maximum atomic E-state index is 12.8. The molecule has 28 heavy (non-hydrogen) atoms. The summed E-state index contributed by atoms with van der Waals surface area (Å²) in [7, 11) is 3.14. The predicted molar refractivity (Wildman–Crippen MR) is 109 cm³/mol. The number of nitrogens with one attached hydrogen (secondary N) is 1. The van der Waals surface area contributed by atoms with Crippen LogP contribution in [-0.4, -0.2) is 55.4 Å². The molecular weight excluding hydrogens is 358 g/mol. The van der Waals surface area contributed by atoms with Crippen LogP contribution < -0.4 is 24.8 Å². The van der Waals surface area contributed by atoms with Gasteiger partial charge in [0.05, 0.1) is 25.1 Å². The van der Waals surface area contributed by atoms with Crippen LogP contribution in [0.3, 0.4) is 0 Å². The first-order chi connectivity index (χ1) is 13.6. The molecule has 146 valence electrons. The van der Waals surface area contributed by atoms with Crippen molar-refractivity contribution in [2.24, 2.45) is 0 Å². The summed E-state index contributed by atoms with van der Waals surface area (Å²) in [6, 6.07) is 7.66. The number of aromatic amines is 1. The third-order valence-corrected chi connectivity index (χ3v) is 5.12. The van der Waals surface area contributed by atoms with Crippen molar-refractivity contribution in [1.82, 2.24) is 15.0 Å². The van der Waals surface area contributed by atoms with E-state index in [0.29, 0.717) is 28.4 Å². The van der Waals surface area contributed by atoms with Gasteiger partial charge in [-0.05, 0) is 19.1 Å². The molecule has 3 aromatic rings. The first-order valence-corrected chi connectivity index (χ1v) is 9.19. The zero-order valence-electron chi connectivity index (χ0n) is 16.2. The highest BCUT2D eigenvalue weighted by molar-refractivity contribution is 5.86. The second-order valence-electron chi connectivity index (χ2n) is 6.68. The van der Waals surface area contributed by atoms with Crippen molar-refractivity contribution in [3.63, 3.8) is 0 Å². The number of H-pyrrole nitrogens is 1. The van der Waals surface area contributed by atoms with Gasteiger partial charge in [-0.15, -0.1) is 0 Å². The molecule has 0 aliphatic carbocycles. The van der Waals surface area contributed by atoms with Gasteiger partial charge in [-0.1, -0.05) is 6.07 Å². The molecule has 1 aliphatic rings. The number of aromatic nitrogens is 3. The lowest BCUT2D eigenvalue weighted by Crippen LogP contribution is -2.47. The molecule has 0 saturated carbocycles. The van der Waals surface area contributed by atoms with Crippen LogP contribution in [0.4, 0.5) is 11.8 Å². The summed E-state index contributed by atoms with van der Waals surface area (Å²) in [6.07, 6.45) is 1.80. The van der Waals surface area contributed by atoms with E-state index in [1.54, 1.807) is 26.5 Å². The van der Waals surface area contributed by atoms with Gasteiger partial charge in [0.2, 0.25) is 5.95 Å². The zero-order chi connectivity index (χ0) is 19.7. The Balaban J connectivity index is 1.64. The number of hydrogen-bond donors (Lipinski definition) is 1. The van der Waals surface area contributed by atoms with Gasteiger partial charge < -0.3 is 19.3 Å². The highest BCUT2D eigenvalue weighted by atomic mass is 16.5. The van der Waals surface area contributed by atoms with Crippen LogP contribution in [0.1, 0.15) is 5.56 Å². The lowest BCUT2D eigenvalue weighted by Gasteiger charge is -2.35. The monoisotopic (exact) mass is 381 g/mol. The summed E-state index contributed by atoms with van der Waals surface area (Å²) in [5, 5.41) is 0.522. The molecule has 8 nitrogen and oxygen atoms in total. The van der Waals surface area contributed by atoms with Crippen LogP contribution >= 0.6 is 0 Å². The van der Waals surface area contributed by atoms with Crippen molar-refractivity contribution in [1.29, 1.82) is 0 Å². The summed E-state index contributed by atoms with van der Waals surface area (Å²) < 4.78 is 10.8. The molecule has 0 bridgehead atoms. The number of benzene rings is 1. The van der Waals surface area contributed by atoms with E-state index in [2.05, 4.69) is 19.8 Å². The average molecular weight is 381 g/mol. The largest absolute Gasteiger partial charge is 0.493 e. The third kappa shape index (κ3) is 3.11. The Morgan fingerprint density at radius 1 is 1.07 bits per heavy atom. The molecule has 2 aromatic heterocycles.